The number of nitrogens with zero attached hydrogens (tertiary/aromatic N) is 1. The van der Waals surface area contributed by atoms with E-state index in [1.54, 1.807) is 0 Å². The van der Waals surface area contributed by atoms with Crippen molar-refractivity contribution in [1.82, 2.24) is 4.90 Å². The van der Waals surface area contributed by atoms with Crippen LogP contribution < -0.4 is 0 Å². The Bertz CT molecular complexity index is 1080. The van der Waals surface area contributed by atoms with E-state index in [1.165, 1.54) is 23.1 Å². The molecule has 0 aliphatic carbocycles. The molecule has 0 spiro atoms. The van der Waals surface area contributed by atoms with Crippen molar-refractivity contribution in [3.63, 3.8) is 0 Å². The van der Waals surface area contributed by atoms with Crippen molar-refractivity contribution in [2.75, 3.05) is 6.54 Å². The number of benzene rings is 1. The Kier molecular flexibility index (Phi) is 7.40. The van der Waals surface area contributed by atoms with Crippen LogP contribution in [0.1, 0.15) is 37.0 Å². The van der Waals surface area contributed by atoms with E-state index in [-0.39, 0.29) is 34.3 Å². The van der Waals surface area contributed by atoms with E-state index in [1.807, 2.05) is 0 Å². The minimum absolute atomic E-state index is 0.0611. The lowest BCUT2D eigenvalue weighted by Gasteiger charge is -2.13. The first kappa shape index (κ1) is 24.0. The van der Waals surface area contributed by atoms with Gasteiger partial charge in [-0.05, 0) is 43.2 Å². The summed E-state index contributed by atoms with van der Waals surface area (Å²) in [7, 11) is 0. The number of hydrogen-bond donors (Lipinski definition) is 1. The number of alkyl halides is 3. The first-order chi connectivity index (χ1) is 15.1. The van der Waals surface area contributed by atoms with Crippen molar-refractivity contribution < 1.29 is 36.7 Å². The summed E-state index contributed by atoms with van der Waals surface area (Å²) in [5.41, 5.74) is -1.34. The molecule has 1 fully saturated rings. The van der Waals surface area contributed by atoms with E-state index in [0.29, 0.717) is 42.3 Å². The molecule has 1 amide bonds. The Morgan fingerprint density at radius 2 is 1.94 bits per heavy atom. The summed E-state index contributed by atoms with van der Waals surface area (Å²) >= 11 is 6.28. The smallest absolute Gasteiger partial charge is 0.416 e. The van der Waals surface area contributed by atoms with Gasteiger partial charge in [-0.3, -0.25) is 14.5 Å². The summed E-state index contributed by atoms with van der Waals surface area (Å²) in [5.74, 6) is -2.02. The normalized spacial score (nSPS) is 15.8. The number of unbranched alkanes of at least 4 members (excludes halogenated alkanes) is 2. The van der Waals surface area contributed by atoms with Crippen molar-refractivity contribution >= 4 is 46.3 Å². The van der Waals surface area contributed by atoms with Crippen LogP contribution in [0.3, 0.4) is 0 Å². The van der Waals surface area contributed by atoms with Crippen molar-refractivity contribution in [2.24, 2.45) is 0 Å². The van der Waals surface area contributed by atoms with Gasteiger partial charge in [-0.25, -0.2) is 4.39 Å². The first-order valence-electron chi connectivity index (χ1n) is 9.50. The number of halogens is 4. The molecule has 0 atom stereocenters. The fourth-order valence-corrected chi connectivity index (χ4v) is 4.30. The number of rotatable bonds is 8. The molecule has 2 heterocycles. The van der Waals surface area contributed by atoms with Gasteiger partial charge in [0.1, 0.15) is 21.7 Å². The van der Waals surface area contributed by atoms with Crippen LogP contribution >= 0.6 is 24.0 Å². The van der Waals surface area contributed by atoms with Gasteiger partial charge in [-0.15, -0.1) is 0 Å². The van der Waals surface area contributed by atoms with Crippen LogP contribution in [-0.4, -0.2) is 32.7 Å². The van der Waals surface area contributed by atoms with Gasteiger partial charge >= 0.3 is 12.1 Å². The van der Waals surface area contributed by atoms with E-state index in [2.05, 4.69) is 0 Å². The number of carbonyl (C=O) groups is 2. The Morgan fingerprint density at radius 1 is 1.19 bits per heavy atom. The highest BCUT2D eigenvalue weighted by molar-refractivity contribution is 8.26. The second kappa shape index (κ2) is 9.86. The van der Waals surface area contributed by atoms with E-state index >= 15 is 0 Å². The average Bonchev–Trinajstić information content (AvgIpc) is 3.26. The van der Waals surface area contributed by atoms with Gasteiger partial charge in [-0.2, -0.15) is 13.2 Å². The largest absolute Gasteiger partial charge is 0.481 e. The molecular weight excluding hydrogens is 470 g/mol. The van der Waals surface area contributed by atoms with Crippen molar-refractivity contribution in [3.05, 3.63) is 52.4 Å². The molecule has 32 heavy (non-hydrogen) atoms. The van der Waals surface area contributed by atoms with Crippen LogP contribution in [0.25, 0.3) is 17.4 Å². The molecule has 1 N–H and O–H groups in total. The monoisotopic (exact) mass is 487 g/mol. The fourth-order valence-electron chi connectivity index (χ4n) is 3.01. The minimum atomic E-state index is -4.63. The Balaban J connectivity index is 1.71. The predicted octanol–water partition coefficient (Wildman–Crippen LogP) is 5.95. The zero-order valence-corrected chi connectivity index (χ0v) is 18.1. The molecule has 170 valence electrons. The number of aliphatic carboxylic acids is 1. The van der Waals surface area contributed by atoms with Gasteiger partial charge in [-0.1, -0.05) is 30.4 Å². The molecule has 0 radical (unpaired) electrons. The van der Waals surface area contributed by atoms with Crippen LogP contribution in [0.5, 0.6) is 0 Å². The first-order valence-corrected chi connectivity index (χ1v) is 10.7. The van der Waals surface area contributed by atoms with Gasteiger partial charge in [0.25, 0.3) is 5.91 Å². The van der Waals surface area contributed by atoms with Crippen LogP contribution in [0.15, 0.2) is 39.7 Å². The molecule has 1 saturated heterocycles. The second-order valence-corrected chi connectivity index (χ2v) is 8.61. The van der Waals surface area contributed by atoms with Gasteiger partial charge in [0.05, 0.1) is 16.0 Å². The van der Waals surface area contributed by atoms with Crippen LogP contribution in [0.4, 0.5) is 17.6 Å². The molecule has 0 unspecified atom stereocenters. The molecule has 1 aromatic heterocycles. The van der Waals surface area contributed by atoms with Gasteiger partial charge in [0.2, 0.25) is 0 Å². The number of carbonyl (C=O) groups excluding carboxylic acids is 1. The lowest BCUT2D eigenvalue weighted by atomic mass is 10.1. The third kappa shape index (κ3) is 5.77. The summed E-state index contributed by atoms with van der Waals surface area (Å²) in [5, 5.41) is 8.65. The van der Waals surface area contributed by atoms with E-state index in [0.717, 1.165) is 17.8 Å². The Morgan fingerprint density at radius 3 is 2.62 bits per heavy atom. The summed E-state index contributed by atoms with van der Waals surface area (Å²) < 4.78 is 58.7. The highest BCUT2D eigenvalue weighted by Crippen LogP contribution is 2.36. The molecule has 3 rings (SSSR count). The summed E-state index contributed by atoms with van der Waals surface area (Å²) in [4.78, 5) is 24.8. The molecule has 2 aromatic rings. The zero-order chi connectivity index (χ0) is 23.5. The predicted molar refractivity (Wildman–Crippen MR) is 115 cm³/mol. The van der Waals surface area contributed by atoms with Crippen molar-refractivity contribution in [2.45, 2.75) is 31.9 Å². The average molecular weight is 487 g/mol. The topological polar surface area (TPSA) is 70.8 Å². The molecule has 1 aliphatic rings. The van der Waals surface area contributed by atoms with Crippen LogP contribution in [-0.2, 0) is 15.8 Å². The van der Waals surface area contributed by atoms with Crippen LogP contribution in [0, 0.1) is 5.82 Å². The summed E-state index contributed by atoms with van der Waals surface area (Å²) in [6, 6.07) is 4.79. The number of furan rings is 1. The summed E-state index contributed by atoms with van der Waals surface area (Å²) in [6.45, 7) is 0.348. The summed E-state index contributed by atoms with van der Waals surface area (Å²) in [6.07, 6.45) is -1.44. The maximum atomic E-state index is 14.1. The van der Waals surface area contributed by atoms with Crippen LogP contribution in [0.2, 0.25) is 0 Å². The standard InChI is InChI=1S/C21H17F4NO4S2/c22-15-7-5-12(21(23,24)25)10-14(15)16-8-6-13(30-16)11-17-19(29)26(20(31)32-17)9-3-1-2-4-18(27)28/h5-8,10-11H,1-4,9H2,(H,27,28)/b17-11-. The van der Waals surface area contributed by atoms with E-state index in [9.17, 15) is 27.2 Å². The lowest BCUT2D eigenvalue weighted by molar-refractivity contribution is -0.138. The van der Waals surface area contributed by atoms with E-state index in [4.69, 9.17) is 21.7 Å². The maximum Gasteiger partial charge on any atom is 0.416 e. The molecule has 1 aromatic carbocycles. The lowest BCUT2D eigenvalue weighted by Crippen LogP contribution is -2.29. The van der Waals surface area contributed by atoms with Gasteiger partial charge in [0.15, 0.2) is 0 Å². The third-order valence-electron chi connectivity index (χ3n) is 4.61. The van der Waals surface area contributed by atoms with Gasteiger partial charge in [0, 0.05) is 19.0 Å². The molecule has 0 bridgehead atoms. The highest BCUT2D eigenvalue weighted by atomic mass is 32.2. The molecule has 11 heteroatoms. The van der Waals surface area contributed by atoms with Crippen molar-refractivity contribution in [1.29, 1.82) is 0 Å². The van der Waals surface area contributed by atoms with E-state index < -0.39 is 23.5 Å². The number of thiocarbonyl (C=S) groups is 1. The number of amides is 1. The maximum absolute atomic E-state index is 14.1. The fraction of sp³-hybridized carbons (Fsp3) is 0.286. The number of carboxylic acids is 1. The highest BCUT2D eigenvalue weighted by Gasteiger charge is 2.33. The number of thioether (sulfide) groups is 1. The molecule has 0 saturated carbocycles. The zero-order valence-electron chi connectivity index (χ0n) is 16.4. The molecular formula is C21H17F4NO4S2. The molecule has 5 nitrogen and oxygen atoms in total. The van der Waals surface area contributed by atoms with Crippen molar-refractivity contribution in [3.8, 4) is 11.3 Å². The number of carboxylic acid groups (broad SMARTS) is 1. The Labute approximate surface area is 190 Å². The quantitative estimate of drug-likeness (QED) is 0.215. The number of hydrogen-bond acceptors (Lipinski definition) is 5. The minimum Gasteiger partial charge on any atom is -0.481 e. The second-order valence-electron chi connectivity index (χ2n) is 6.93. The Hall–Kier alpha value is -2.66. The molecule has 1 aliphatic heterocycles. The SMILES string of the molecule is O=C(O)CCCCCN1C(=O)/C(=C/c2ccc(-c3cc(C(F)(F)F)ccc3F)o2)SC1=S. The van der Waals surface area contributed by atoms with Gasteiger partial charge < -0.3 is 9.52 Å². The third-order valence-corrected chi connectivity index (χ3v) is 5.98.